The lowest BCUT2D eigenvalue weighted by atomic mass is 9.91. The summed E-state index contributed by atoms with van der Waals surface area (Å²) in [4.78, 5) is 0. The van der Waals surface area contributed by atoms with Crippen LogP contribution in [0.25, 0.3) is 0 Å². The fraction of sp³-hybridized carbons (Fsp3) is 0.714. The Morgan fingerprint density at radius 3 is 1.64 bits per heavy atom. The first kappa shape index (κ1) is 11.2. The molecule has 0 atom stereocenters. The molecule has 1 aliphatic rings. The first-order valence-electron chi connectivity index (χ1n) is 3.28. The van der Waals surface area contributed by atoms with Crippen LogP contribution in [0.1, 0.15) is 12.8 Å². The van der Waals surface area contributed by atoms with E-state index in [1.165, 1.54) is 30.7 Å². The molecule has 0 heterocycles. The second-order valence-electron chi connectivity index (χ2n) is 2.93. The van der Waals surface area contributed by atoms with Crippen molar-refractivity contribution in [1.82, 2.24) is 0 Å². The Bertz CT molecular complexity index is 169. The summed E-state index contributed by atoms with van der Waals surface area (Å²) in [6, 6.07) is 0. The molecule has 0 nitrogen and oxygen atoms in total. The second-order valence-corrected chi connectivity index (χ2v) is 6.37. The molecule has 0 N–H and O–H groups in total. The van der Waals surface area contributed by atoms with Crippen LogP contribution in [0.5, 0.6) is 0 Å². The van der Waals surface area contributed by atoms with Gasteiger partial charge in [-0.1, -0.05) is 77.0 Å². The van der Waals surface area contributed by atoms with Crippen LogP contribution in [0.3, 0.4) is 0 Å². The number of rotatable bonds is 2. The molecule has 0 aliphatic heterocycles. The molecule has 1 rings (SSSR count). The summed E-state index contributed by atoms with van der Waals surface area (Å²) in [6.07, 6.45) is 2.42. The predicted octanol–water partition coefficient (Wildman–Crippen LogP) is 4.64. The van der Waals surface area contributed by atoms with Gasteiger partial charge in [0.15, 0.2) is 0 Å². The van der Waals surface area contributed by atoms with E-state index < -0.39 is 0 Å². The molecule has 0 aromatic heterocycles. The summed E-state index contributed by atoms with van der Waals surface area (Å²) in [7, 11) is 0. The predicted molar refractivity (Wildman–Crippen MR) is 74.3 cm³/mol. The molecular formula is C7H8Br2I2. The van der Waals surface area contributed by atoms with Crippen molar-refractivity contribution in [1.29, 1.82) is 0 Å². The van der Waals surface area contributed by atoms with Crippen molar-refractivity contribution >= 4 is 77.0 Å². The minimum atomic E-state index is 0.527. The van der Waals surface area contributed by atoms with Crippen molar-refractivity contribution in [3.05, 3.63) is 8.96 Å². The smallest absolute Gasteiger partial charge is 0.00661 e. The molecule has 0 spiro atoms. The summed E-state index contributed by atoms with van der Waals surface area (Å²) in [5.41, 5.74) is 0.527. The summed E-state index contributed by atoms with van der Waals surface area (Å²) < 4.78 is 5.23. The summed E-state index contributed by atoms with van der Waals surface area (Å²) in [5, 5.41) is 0. The number of allylic oxidation sites excluding steroid dienone is 2. The number of hydrogen-bond acceptors (Lipinski definition) is 0. The average molecular weight is 506 g/mol. The van der Waals surface area contributed by atoms with Crippen LogP contribution < -0.4 is 0 Å². The van der Waals surface area contributed by atoms with E-state index >= 15 is 0 Å². The van der Waals surface area contributed by atoms with Gasteiger partial charge < -0.3 is 0 Å². The van der Waals surface area contributed by atoms with Crippen LogP contribution in [0, 0.1) is 5.41 Å². The lowest BCUT2D eigenvalue weighted by Gasteiger charge is -2.23. The van der Waals surface area contributed by atoms with Gasteiger partial charge >= 0.3 is 0 Å². The highest BCUT2D eigenvalue weighted by molar-refractivity contribution is 14.1. The largest absolute Gasteiger partial charge is 0.0857 e. The van der Waals surface area contributed by atoms with E-state index in [1.807, 2.05) is 0 Å². The molecule has 64 valence electrons. The van der Waals surface area contributed by atoms with Gasteiger partial charge in [0.2, 0.25) is 0 Å². The first-order chi connectivity index (χ1) is 5.13. The number of alkyl halides is 2. The van der Waals surface area contributed by atoms with Crippen molar-refractivity contribution in [3.63, 3.8) is 0 Å². The molecule has 0 aromatic carbocycles. The van der Waals surface area contributed by atoms with Gasteiger partial charge in [-0.2, -0.15) is 0 Å². The minimum Gasteiger partial charge on any atom is -0.0857 e. The van der Waals surface area contributed by atoms with E-state index in [9.17, 15) is 0 Å². The maximum Gasteiger partial charge on any atom is 0.00661 e. The summed E-state index contributed by atoms with van der Waals surface area (Å²) in [6.45, 7) is 0. The molecule has 1 aliphatic carbocycles. The van der Waals surface area contributed by atoms with Crippen LogP contribution in [-0.2, 0) is 0 Å². The van der Waals surface area contributed by atoms with Gasteiger partial charge in [-0.05, 0) is 18.3 Å². The van der Waals surface area contributed by atoms with Gasteiger partial charge in [-0.3, -0.25) is 0 Å². The SMILES string of the molecule is BrC1=C(Br)CC(CI)(CI)C1. The van der Waals surface area contributed by atoms with Crippen LogP contribution in [-0.4, -0.2) is 8.86 Å². The average Bonchev–Trinajstić information content (AvgIpc) is 2.29. The third kappa shape index (κ3) is 2.56. The maximum atomic E-state index is 3.59. The normalized spacial score (nSPS) is 22.9. The quantitative estimate of drug-likeness (QED) is 0.379. The third-order valence-corrected chi connectivity index (χ3v) is 7.21. The molecule has 0 unspecified atom stereocenters. The van der Waals surface area contributed by atoms with Crippen LogP contribution in [0.2, 0.25) is 0 Å². The molecule has 0 saturated heterocycles. The summed E-state index contributed by atoms with van der Waals surface area (Å²) in [5.74, 6) is 0. The fourth-order valence-electron chi connectivity index (χ4n) is 1.14. The number of hydrogen-bond donors (Lipinski definition) is 0. The zero-order chi connectivity index (χ0) is 8.48. The molecule has 0 amide bonds. The highest BCUT2D eigenvalue weighted by Crippen LogP contribution is 2.48. The van der Waals surface area contributed by atoms with E-state index in [0.717, 1.165) is 0 Å². The second kappa shape index (κ2) is 4.59. The van der Waals surface area contributed by atoms with E-state index in [2.05, 4.69) is 77.0 Å². The van der Waals surface area contributed by atoms with Crippen LogP contribution in [0.15, 0.2) is 8.96 Å². The van der Waals surface area contributed by atoms with Crippen LogP contribution >= 0.6 is 77.0 Å². The van der Waals surface area contributed by atoms with Crippen molar-refractivity contribution in [2.24, 2.45) is 5.41 Å². The van der Waals surface area contributed by atoms with Crippen molar-refractivity contribution in [3.8, 4) is 0 Å². The highest BCUT2D eigenvalue weighted by atomic mass is 127. The topological polar surface area (TPSA) is 0 Å². The first-order valence-corrected chi connectivity index (χ1v) is 7.92. The highest BCUT2D eigenvalue weighted by Gasteiger charge is 2.35. The molecule has 0 aromatic rings. The Hall–Kier alpha value is 2.16. The minimum absolute atomic E-state index is 0.527. The Kier molecular flexibility index (Phi) is 4.69. The summed E-state index contributed by atoms with van der Waals surface area (Å²) >= 11 is 12.2. The van der Waals surface area contributed by atoms with Crippen molar-refractivity contribution in [2.75, 3.05) is 8.86 Å². The van der Waals surface area contributed by atoms with E-state index in [1.54, 1.807) is 0 Å². The molecule has 0 bridgehead atoms. The molecule has 0 saturated carbocycles. The fourth-order valence-corrected chi connectivity index (χ4v) is 5.26. The Labute approximate surface area is 111 Å². The zero-order valence-corrected chi connectivity index (χ0v) is 13.3. The third-order valence-electron chi connectivity index (χ3n) is 1.92. The van der Waals surface area contributed by atoms with Crippen molar-refractivity contribution in [2.45, 2.75) is 12.8 Å². The number of halogens is 4. The Balaban J connectivity index is 2.69. The van der Waals surface area contributed by atoms with Gasteiger partial charge in [-0.15, -0.1) is 0 Å². The van der Waals surface area contributed by atoms with Gasteiger partial charge in [0.05, 0.1) is 0 Å². The van der Waals surface area contributed by atoms with Crippen LogP contribution in [0.4, 0.5) is 0 Å². The molecule has 11 heavy (non-hydrogen) atoms. The molecule has 4 heteroatoms. The van der Waals surface area contributed by atoms with Crippen molar-refractivity contribution < 1.29 is 0 Å². The zero-order valence-electron chi connectivity index (χ0n) is 5.84. The molecular weight excluding hydrogens is 498 g/mol. The monoisotopic (exact) mass is 504 g/mol. The van der Waals surface area contributed by atoms with Gasteiger partial charge in [-0.25, -0.2) is 0 Å². The molecule has 0 radical (unpaired) electrons. The van der Waals surface area contributed by atoms with E-state index in [-0.39, 0.29) is 0 Å². The van der Waals surface area contributed by atoms with Gasteiger partial charge in [0, 0.05) is 17.8 Å². The lowest BCUT2D eigenvalue weighted by molar-refractivity contribution is 0.433. The van der Waals surface area contributed by atoms with Gasteiger partial charge in [0.1, 0.15) is 0 Å². The maximum absolute atomic E-state index is 3.59. The van der Waals surface area contributed by atoms with E-state index in [4.69, 9.17) is 0 Å². The van der Waals surface area contributed by atoms with E-state index in [0.29, 0.717) is 5.41 Å². The molecule has 0 fully saturated rings. The lowest BCUT2D eigenvalue weighted by Crippen LogP contribution is -2.20. The Morgan fingerprint density at radius 2 is 1.45 bits per heavy atom. The van der Waals surface area contributed by atoms with Gasteiger partial charge in [0.25, 0.3) is 0 Å². The Morgan fingerprint density at radius 1 is 1.09 bits per heavy atom. The standard InChI is InChI=1S/C7H8Br2I2/c8-5-1-7(3-10,4-11)2-6(5)9/h1-4H2.